The first-order valence-electron chi connectivity index (χ1n) is 7.65. The fraction of sp³-hybridized carbons (Fsp3) is 0.529. The largest absolute Gasteiger partial charge is 0.395 e. The lowest BCUT2D eigenvalue weighted by Crippen LogP contribution is -2.39. The Kier molecular flexibility index (Phi) is 5.39. The van der Waals surface area contributed by atoms with Crippen LogP contribution in [0.2, 0.25) is 0 Å². The summed E-state index contributed by atoms with van der Waals surface area (Å²) in [4.78, 5) is 0. The number of hydrogen-bond acceptors (Lipinski definition) is 3. The van der Waals surface area contributed by atoms with E-state index in [1.807, 2.05) is 19.1 Å². The van der Waals surface area contributed by atoms with Crippen LogP contribution in [0, 0.1) is 13.8 Å². The number of para-hydroxylation sites is 1. The summed E-state index contributed by atoms with van der Waals surface area (Å²) in [7, 11) is 0. The lowest BCUT2D eigenvalue weighted by atomic mass is 10.2. The molecule has 3 N–H and O–H groups in total. The molecule has 4 nitrogen and oxygen atoms in total. The molecule has 1 aromatic heterocycles. The Morgan fingerprint density at radius 2 is 1.95 bits per heavy atom. The molecule has 0 bridgehead atoms. The average Bonchev–Trinajstić information content (AvgIpc) is 2.74. The molecule has 0 fully saturated rings. The Morgan fingerprint density at radius 3 is 2.62 bits per heavy atom. The molecule has 0 radical (unpaired) electrons. The van der Waals surface area contributed by atoms with Gasteiger partial charge in [-0.15, -0.1) is 0 Å². The molecule has 0 unspecified atom stereocenters. The zero-order valence-electron chi connectivity index (χ0n) is 13.1. The number of hydrogen-bond donors (Lipinski definition) is 3. The predicted octanol–water partition coefficient (Wildman–Crippen LogP) is 1.98. The van der Waals surface area contributed by atoms with E-state index in [1.165, 1.54) is 22.2 Å². The van der Waals surface area contributed by atoms with Crippen LogP contribution in [0.4, 0.5) is 0 Å². The second-order valence-corrected chi connectivity index (χ2v) is 5.69. The lowest BCUT2D eigenvalue weighted by molar-refractivity contribution is 0.139. The molecule has 0 amide bonds. The van der Waals surface area contributed by atoms with Crippen molar-refractivity contribution < 1.29 is 10.2 Å². The molecule has 116 valence electrons. The predicted molar refractivity (Wildman–Crippen MR) is 86.6 cm³/mol. The van der Waals surface area contributed by atoms with E-state index in [4.69, 9.17) is 5.11 Å². The van der Waals surface area contributed by atoms with E-state index in [9.17, 15) is 5.11 Å². The van der Waals surface area contributed by atoms with Crippen LogP contribution in [-0.4, -0.2) is 40.1 Å². The minimum absolute atomic E-state index is 0.0592. The zero-order valence-corrected chi connectivity index (χ0v) is 13.1. The summed E-state index contributed by atoms with van der Waals surface area (Å²) in [6.07, 6.45) is 0.382. The summed E-state index contributed by atoms with van der Waals surface area (Å²) >= 11 is 0. The third kappa shape index (κ3) is 3.46. The summed E-state index contributed by atoms with van der Waals surface area (Å²) in [5.74, 6) is 0. The molecule has 1 heterocycles. The molecular formula is C17H26N2O2. The molecule has 0 saturated carbocycles. The Morgan fingerprint density at radius 1 is 1.24 bits per heavy atom. The monoisotopic (exact) mass is 290 g/mol. The van der Waals surface area contributed by atoms with Crippen LogP contribution in [-0.2, 0) is 6.54 Å². The van der Waals surface area contributed by atoms with Gasteiger partial charge >= 0.3 is 0 Å². The standard InChI is InChI=1S/C17H26N2O2/c1-4-14(11-20)18-9-15(21)10-19-13(3)12(2)16-7-5-6-8-17(16)19/h5-8,14-15,18,20-21H,4,9-11H2,1-3H3/t14-,15+/m0/s1. The van der Waals surface area contributed by atoms with Gasteiger partial charge in [0.1, 0.15) is 0 Å². The van der Waals surface area contributed by atoms with Crippen LogP contribution in [0.25, 0.3) is 10.9 Å². The van der Waals surface area contributed by atoms with Crippen LogP contribution in [0.1, 0.15) is 24.6 Å². The minimum atomic E-state index is -0.473. The highest BCUT2D eigenvalue weighted by atomic mass is 16.3. The van der Waals surface area contributed by atoms with Crippen molar-refractivity contribution in [2.45, 2.75) is 45.9 Å². The van der Waals surface area contributed by atoms with Crippen molar-refractivity contribution in [1.82, 2.24) is 9.88 Å². The van der Waals surface area contributed by atoms with Crippen molar-refractivity contribution in [3.8, 4) is 0 Å². The van der Waals surface area contributed by atoms with Crippen molar-refractivity contribution in [3.05, 3.63) is 35.5 Å². The fourth-order valence-corrected chi connectivity index (χ4v) is 2.76. The Bertz CT molecular complexity index is 588. The van der Waals surface area contributed by atoms with Crippen molar-refractivity contribution in [2.75, 3.05) is 13.2 Å². The number of aliphatic hydroxyl groups is 2. The van der Waals surface area contributed by atoms with Gasteiger partial charge in [-0.05, 0) is 31.9 Å². The minimum Gasteiger partial charge on any atom is -0.395 e. The third-order valence-corrected chi connectivity index (χ3v) is 4.30. The second kappa shape index (κ2) is 7.07. The number of aromatic nitrogens is 1. The molecule has 0 aliphatic heterocycles. The Balaban J connectivity index is 2.11. The van der Waals surface area contributed by atoms with Crippen LogP contribution in [0.3, 0.4) is 0 Å². The third-order valence-electron chi connectivity index (χ3n) is 4.30. The molecule has 2 atom stereocenters. The first-order valence-corrected chi connectivity index (χ1v) is 7.65. The number of nitrogens with zero attached hydrogens (tertiary/aromatic N) is 1. The molecule has 1 aromatic carbocycles. The molecule has 0 aliphatic rings. The van der Waals surface area contributed by atoms with Gasteiger partial charge in [0.2, 0.25) is 0 Å². The summed E-state index contributed by atoms with van der Waals surface area (Å²) in [5, 5.41) is 23.9. The molecule has 4 heteroatoms. The smallest absolute Gasteiger partial charge is 0.0843 e. The van der Waals surface area contributed by atoms with Gasteiger partial charge in [0, 0.05) is 29.2 Å². The highest BCUT2D eigenvalue weighted by Gasteiger charge is 2.14. The van der Waals surface area contributed by atoms with E-state index in [0.717, 1.165) is 6.42 Å². The summed E-state index contributed by atoms with van der Waals surface area (Å²) in [5.41, 5.74) is 3.64. The van der Waals surface area contributed by atoms with E-state index in [0.29, 0.717) is 13.1 Å². The van der Waals surface area contributed by atoms with E-state index in [2.05, 4.69) is 35.9 Å². The number of nitrogens with one attached hydrogen (secondary N) is 1. The highest BCUT2D eigenvalue weighted by molar-refractivity contribution is 5.85. The van der Waals surface area contributed by atoms with Crippen molar-refractivity contribution in [2.24, 2.45) is 0 Å². The van der Waals surface area contributed by atoms with Crippen molar-refractivity contribution in [3.63, 3.8) is 0 Å². The quantitative estimate of drug-likeness (QED) is 0.731. The van der Waals surface area contributed by atoms with Crippen LogP contribution < -0.4 is 5.32 Å². The van der Waals surface area contributed by atoms with Gasteiger partial charge in [-0.3, -0.25) is 0 Å². The fourth-order valence-electron chi connectivity index (χ4n) is 2.76. The maximum atomic E-state index is 10.3. The lowest BCUT2D eigenvalue weighted by Gasteiger charge is -2.19. The Labute approximate surface area is 126 Å². The maximum Gasteiger partial charge on any atom is 0.0843 e. The van der Waals surface area contributed by atoms with E-state index < -0.39 is 6.10 Å². The zero-order chi connectivity index (χ0) is 15.4. The van der Waals surface area contributed by atoms with Gasteiger partial charge in [0.15, 0.2) is 0 Å². The highest BCUT2D eigenvalue weighted by Crippen LogP contribution is 2.25. The number of benzene rings is 1. The van der Waals surface area contributed by atoms with Crippen LogP contribution in [0.5, 0.6) is 0 Å². The molecule has 0 spiro atoms. The van der Waals surface area contributed by atoms with Gasteiger partial charge in [-0.1, -0.05) is 25.1 Å². The summed E-state index contributed by atoms with van der Waals surface area (Å²) in [6, 6.07) is 8.35. The first-order chi connectivity index (χ1) is 10.1. The summed E-state index contributed by atoms with van der Waals surface area (Å²) < 4.78 is 2.18. The van der Waals surface area contributed by atoms with Gasteiger partial charge in [0.25, 0.3) is 0 Å². The van der Waals surface area contributed by atoms with Gasteiger partial charge < -0.3 is 20.1 Å². The first kappa shape index (κ1) is 16.0. The number of fused-ring (bicyclic) bond motifs is 1. The van der Waals surface area contributed by atoms with E-state index >= 15 is 0 Å². The number of aryl methyl sites for hydroxylation is 1. The average molecular weight is 290 g/mol. The van der Waals surface area contributed by atoms with Gasteiger partial charge in [-0.25, -0.2) is 0 Å². The number of rotatable bonds is 7. The molecule has 2 rings (SSSR count). The van der Waals surface area contributed by atoms with E-state index in [-0.39, 0.29) is 12.6 Å². The van der Waals surface area contributed by atoms with Crippen LogP contribution in [0.15, 0.2) is 24.3 Å². The van der Waals surface area contributed by atoms with Gasteiger partial charge in [-0.2, -0.15) is 0 Å². The van der Waals surface area contributed by atoms with Crippen molar-refractivity contribution >= 4 is 10.9 Å². The second-order valence-electron chi connectivity index (χ2n) is 5.69. The molecule has 0 aliphatic carbocycles. The van der Waals surface area contributed by atoms with Gasteiger partial charge in [0.05, 0.1) is 19.3 Å². The topological polar surface area (TPSA) is 57.4 Å². The Hall–Kier alpha value is -1.36. The van der Waals surface area contributed by atoms with E-state index in [1.54, 1.807) is 0 Å². The summed E-state index contributed by atoms with van der Waals surface area (Å²) in [6.45, 7) is 7.40. The number of aliphatic hydroxyl groups excluding tert-OH is 2. The van der Waals surface area contributed by atoms with Crippen LogP contribution >= 0.6 is 0 Å². The van der Waals surface area contributed by atoms with Crippen molar-refractivity contribution in [1.29, 1.82) is 0 Å². The SMILES string of the molecule is CC[C@@H](CO)NC[C@@H](O)Cn1c(C)c(C)c2ccccc21. The molecular weight excluding hydrogens is 264 g/mol. The normalized spacial score (nSPS) is 14.5. The molecule has 2 aromatic rings. The molecule has 0 saturated heterocycles. The molecule has 21 heavy (non-hydrogen) atoms. The maximum absolute atomic E-state index is 10.3.